The highest BCUT2D eigenvalue weighted by Gasteiger charge is 2.10. The number of nitrogens with one attached hydrogen (secondary N) is 1. The molecule has 0 radical (unpaired) electrons. The Bertz CT molecular complexity index is 566. The van der Waals surface area contributed by atoms with Crippen LogP contribution in [0.4, 0.5) is 11.4 Å². The van der Waals surface area contributed by atoms with Gasteiger partial charge >= 0.3 is 0 Å². The maximum Gasteiger partial charge on any atom is 0.142 e. The minimum atomic E-state index is 0.376. The Hall–Kier alpha value is -2.00. The van der Waals surface area contributed by atoms with Crippen LogP contribution in [0.1, 0.15) is 25.5 Å². The number of para-hydroxylation sites is 2. The van der Waals surface area contributed by atoms with Gasteiger partial charge in [0.1, 0.15) is 5.75 Å². The first-order chi connectivity index (χ1) is 10.2. The molecule has 1 N–H and O–H groups in total. The Labute approximate surface area is 127 Å². The Kier molecular flexibility index (Phi) is 5.23. The van der Waals surface area contributed by atoms with Gasteiger partial charge in [0.15, 0.2) is 0 Å². The molecule has 0 saturated carbocycles. The van der Waals surface area contributed by atoms with Gasteiger partial charge in [-0.2, -0.15) is 0 Å². The van der Waals surface area contributed by atoms with Gasteiger partial charge in [0.25, 0.3) is 0 Å². The molecule has 0 saturated heterocycles. The Morgan fingerprint density at radius 1 is 1.10 bits per heavy atom. The van der Waals surface area contributed by atoms with Crippen molar-refractivity contribution >= 4 is 11.4 Å². The average molecular weight is 284 g/mol. The lowest BCUT2D eigenvalue weighted by Crippen LogP contribution is -2.17. The normalized spacial score (nSPS) is 12.0. The highest BCUT2D eigenvalue weighted by molar-refractivity contribution is 5.68. The molecule has 21 heavy (non-hydrogen) atoms. The highest BCUT2D eigenvalue weighted by Crippen LogP contribution is 2.32. The lowest BCUT2D eigenvalue weighted by atomic mass is 10.1. The van der Waals surface area contributed by atoms with Crippen molar-refractivity contribution in [2.24, 2.45) is 0 Å². The Morgan fingerprint density at radius 3 is 2.38 bits per heavy atom. The minimum absolute atomic E-state index is 0.376. The number of ether oxygens (including phenoxy) is 1. The molecule has 0 heterocycles. The summed E-state index contributed by atoms with van der Waals surface area (Å²) in [5, 5.41) is 3.43. The van der Waals surface area contributed by atoms with Crippen LogP contribution in [0.25, 0.3) is 0 Å². The first-order valence-corrected chi connectivity index (χ1v) is 7.37. The van der Waals surface area contributed by atoms with E-state index in [1.54, 1.807) is 7.11 Å². The molecule has 3 heteroatoms. The molecule has 0 spiro atoms. The zero-order valence-electron chi connectivity index (χ0n) is 13.3. The molecule has 0 bridgehead atoms. The van der Waals surface area contributed by atoms with Crippen LogP contribution in [0.5, 0.6) is 5.75 Å². The molecule has 0 aromatic heterocycles. The Balaban J connectivity index is 2.22. The van der Waals surface area contributed by atoms with Crippen LogP contribution in [0, 0.1) is 0 Å². The molecule has 0 amide bonds. The molecule has 112 valence electrons. The van der Waals surface area contributed by atoms with E-state index in [0.717, 1.165) is 23.7 Å². The molecule has 0 aliphatic rings. The topological polar surface area (TPSA) is 24.5 Å². The van der Waals surface area contributed by atoms with Crippen molar-refractivity contribution in [3.63, 3.8) is 0 Å². The third-order valence-corrected chi connectivity index (χ3v) is 3.74. The zero-order valence-corrected chi connectivity index (χ0v) is 13.3. The molecule has 2 rings (SSSR count). The van der Waals surface area contributed by atoms with E-state index in [1.165, 1.54) is 5.56 Å². The van der Waals surface area contributed by atoms with E-state index >= 15 is 0 Å². The standard InChI is InChI=1S/C18H24N2O/c1-5-19-14(2)15-10-12-16(13-11-15)20(3)17-8-6-7-9-18(17)21-4/h6-14,19H,5H2,1-4H3. The van der Waals surface area contributed by atoms with Crippen molar-refractivity contribution in [1.29, 1.82) is 0 Å². The third-order valence-electron chi connectivity index (χ3n) is 3.74. The molecule has 1 atom stereocenters. The predicted molar refractivity (Wildman–Crippen MR) is 89.6 cm³/mol. The van der Waals surface area contributed by atoms with E-state index in [-0.39, 0.29) is 0 Å². The van der Waals surface area contributed by atoms with Gasteiger partial charge < -0.3 is 15.0 Å². The second-order valence-electron chi connectivity index (χ2n) is 5.10. The number of hydrogen-bond acceptors (Lipinski definition) is 3. The first-order valence-electron chi connectivity index (χ1n) is 7.37. The number of nitrogens with zero attached hydrogens (tertiary/aromatic N) is 1. The minimum Gasteiger partial charge on any atom is -0.495 e. The fourth-order valence-corrected chi connectivity index (χ4v) is 2.46. The monoisotopic (exact) mass is 284 g/mol. The van der Waals surface area contributed by atoms with Gasteiger partial charge in [0.2, 0.25) is 0 Å². The smallest absolute Gasteiger partial charge is 0.142 e. The van der Waals surface area contributed by atoms with Crippen molar-refractivity contribution in [2.75, 3.05) is 25.6 Å². The number of anilines is 2. The molecule has 2 aromatic carbocycles. The van der Waals surface area contributed by atoms with Crippen LogP contribution < -0.4 is 15.0 Å². The maximum absolute atomic E-state index is 5.43. The molecule has 1 unspecified atom stereocenters. The van der Waals surface area contributed by atoms with Crippen LogP contribution in [0.15, 0.2) is 48.5 Å². The summed E-state index contributed by atoms with van der Waals surface area (Å²) in [6, 6.07) is 17.1. The number of benzene rings is 2. The summed E-state index contributed by atoms with van der Waals surface area (Å²) in [5.41, 5.74) is 3.51. The molecular formula is C18H24N2O. The predicted octanol–water partition coefficient (Wildman–Crippen LogP) is 4.13. The van der Waals surface area contributed by atoms with Crippen LogP contribution in [0.3, 0.4) is 0 Å². The van der Waals surface area contributed by atoms with E-state index < -0.39 is 0 Å². The van der Waals surface area contributed by atoms with Crippen LogP contribution >= 0.6 is 0 Å². The van der Waals surface area contributed by atoms with E-state index in [4.69, 9.17) is 4.74 Å². The van der Waals surface area contributed by atoms with Crippen molar-refractivity contribution in [2.45, 2.75) is 19.9 Å². The second kappa shape index (κ2) is 7.14. The number of rotatable bonds is 6. The average Bonchev–Trinajstić information content (AvgIpc) is 2.54. The van der Waals surface area contributed by atoms with E-state index in [0.29, 0.717) is 6.04 Å². The van der Waals surface area contributed by atoms with Gasteiger partial charge in [-0.15, -0.1) is 0 Å². The molecule has 0 aliphatic carbocycles. The number of methoxy groups -OCH3 is 1. The lowest BCUT2D eigenvalue weighted by Gasteiger charge is -2.22. The SMILES string of the molecule is CCNC(C)c1ccc(N(C)c2ccccc2OC)cc1. The zero-order chi connectivity index (χ0) is 15.2. The molecular weight excluding hydrogens is 260 g/mol. The summed E-state index contributed by atoms with van der Waals surface area (Å²) in [4.78, 5) is 2.14. The molecule has 2 aromatic rings. The van der Waals surface area contributed by atoms with Crippen LogP contribution in [-0.4, -0.2) is 20.7 Å². The maximum atomic E-state index is 5.43. The van der Waals surface area contributed by atoms with Gasteiger partial charge in [0, 0.05) is 18.8 Å². The summed E-state index contributed by atoms with van der Waals surface area (Å²) < 4.78 is 5.43. The lowest BCUT2D eigenvalue weighted by molar-refractivity contribution is 0.415. The van der Waals surface area contributed by atoms with E-state index in [2.05, 4.69) is 61.4 Å². The second-order valence-corrected chi connectivity index (χ2v) is 5.10. The first kappa shape index (κ1) is 15.4. The summed E-state index contributed by atoms with van der Waals surface area (Å²) in [7, 11) is 3.76. The summed E-state index contributed by atoms with van der Waals surface area (Å²) in [5.74, 6) is 0.880. The van der Waals surface area contributed by atoms with Gasteiger partial charge in [-0.3, -0.25) is 0 Å². The largest absolute Gasteiger partial charge is 0.495 e. The van der Waals surface area contributed by atoms with Crippen LogP contribution in [-0.2, 0) is 0 Å². The Morgan fingerprint density at radius 2 is 1.76 bits per heavy atom. The van der Waals surface area contributed by atoms with Gasteiger partial charge in [-0.25, -0.2) is 0 Å². The fraction of sp³-hybridized carbons (Fsp3) is 0.333. The van der Waals surface area contributed by atoms with Gasteiger partial charge in [0.05, 0.1) is 12.8 Å². The van der Waals surface area contributed by atoms with Crippen molar-refractivity contribution in [3.05, 3.63) is 54.1 Å². The highest BCUT2D eigenvalue weighted by atomic mass is 16.5. The quantitative estimate of drug-likeness (QED) is 0.863. The third kappa shape index (κ3) is 3.56. The van der Waals surface area contributed by atoms with Gasteiger partial charge in [-0.05, 0) is 43.3 Å². The summed E-state index contributed by atoms with van der Waals surface area (Å²) >= 11 is 0. The van der Waals surface area contributed by atoms with E-state index in [1.807, 2.05) is 18.2 Å². The van der Waals surface area contributed by atoms with E-state index in [9.17, 15) is 0 Å². The van der Waals surface area contributed by atoms with Crippen molar-refractivity contribution in [3.8, 4) is 5.75 Å². The fourth-order valence-electron chi connectivity index (χ4n) is 2.46. The summed E-state index contributed by atoms with van der Waals surface area (Å²) in [6.45, 7) is 5.28. The summed E-state index contributed by atoms with van der Waals surface area (Å²) in [6.07, 6.45) is 0. The van der Waals surface area contributed by atoms with Crippen LogP contribution in [0.2, 0.25) is 0 Å². The van der Waals surface area contributed by atoms with Crippen molar-refractivity contribution < 1.29 is 4.74 Å². The molecule has 3 nitrogen and oxygen atoms in total. The molecule has 0 aliphatic heterocycles. The molecule has 0 fully saturated rings. The van der Waals surface area contributed by atoms with Crippen molar-refractivity contribution in [1.82, 2.24) is 5.32 Å². The van der Waals surface area contributed by atoms with Gasteiger partial charge in [-0.1, -0.05) is 31.2 Å². The number of hydrogen-bond donors (Lipinski definition) is 1.